The summed E-state index contributed by atoms with van der Waals surface area (Å²) in [6.07, 6.45) is 4.51. The van der Waals surface area contributed by atoms with Crippen LogP contribution in [0.5, 0.6) is 0 Å². The molecule has 1 aromatic carbocycles. The van der Waals surface area contributed by atoms with Crippen LogP contribution in [0.4, 0.5) is 4.39 Å². The molecule has 0 aliphatic heterocycles. The van der Waals surface area contributed by atoms with Crippen molar-refractivity contribution >= 4 is 0 Å². The smallest absolute Gasteiger partial charge is 0.181 e. The van der Waals surface area contributed by atoms with E-state index in [1.807, 2.05) is 19.9 Å². The van der Waals surface area contributed by atoms with Gasteiger partial charge in [-0.05, 0) is 60.7 Å². The molecule has 1 aliphatic carbocycles. The minimum Gasteiger partial charge on any atom is -0.405 e. The van der Waals surface area contributed by atoms with Gasteiger partial charge < -0.3 is 10.5 Å². The number of ether oxygens (including phenoxy) is 1. The average Bonchev–Trinajstić information content (AvgIpc) is 3.11. The predicted octanol–water partition coefficient (Wildman–Crippen LogP) is 4.24. The maximum atomic E-state index is 14.5. The Labute approximate surface area is 153 Å². The Kier molecular flexibility index (Phi) is 5.14. The number of aromatic nitrogens is 3. The van der Waals surface area contributed by atoms with Gasteiger partial charge in [0.25, 0.3) is 0 Å². The number of halogens is 1. The molecule has 0 bridgehead atoms. The number of H-pyrrole nitrogens is 1. The van der Waals surface area contributed by atoms with Gasteiger partial charge in [-0.15, -0.1) is 0 Å². The lowest BCUT2D eigenvalue weighted by atomic mass is 9.69. The monoisotopic (exact) mass is 358 g/mol. The van der Waals surface area contributed by atoms with E-state index >= 15 is 0 Å². The van der Waals surface area contributed by atoms with Crippen molar-refractivity contribution in [3.05, 3.63) is 47.2 Å². The predicted molar refractivity (Wildman–Crippen MR) is 99.8 cm³/mol. The minimum atomic E-state index is -0.721. The molecule has 0 spiro atoms. The fraction of sp³-hybridized carbons (Fsp3) is 0.500. The Bertz CT molecular complexity index is 814. The fourth-order valence-corrected chi connectivity index (χ4v) is 4.03. The van der Waals surface area contributed by atoms with Crippen LogP contribution in [0.25, 0.3) is 11.4 Å². The quantitative estimate of drug-likeness (QED) is 0.857. The number of nitrogens with one attached hydrogen (secondary N) is 1. The molecule has 1 aromatic heterocycles. The molecule has 5 nitrogen and oxygen atoms in total. The molecular formula is C20H27FN4O. The highest BCUT2D eigenvalue weighted by Gasteiger charge is 2.44. The van der Waals surface area contributed by atoms with Crippen LogP contribution in [0.1, 0.15) is 57.3 Å². The lowest BCUT2D eigenvalue weighted by molar-refractivity contribution is -0.0433. The van der Waals surface area contributed by atoms with Gasteiger partial charge in [0, 0.05) is 18.6 Å². The topological polar surface area (TPSA) is 76.8 Å². The molecule has 1 heterocycles. The maximum absolute atomic E-state index is 14.5. The van der Waals surface area contributed by atoms with Crippen molar-refractivity contribution in [1.29, 1.82) is 0 Å². The van der Waals surface area contributed by atoms with Crippen LogP contribution < -0.4 is 5.73 Å². The normalized spacial score (nSPS) is 25.2. The van der Waals surface area contributed by atoms with Crippen molar-refractivity contribution in [2.45, 2.75) is 51.6 Å². The highest BCUT2D eigenvalue weighted by Crippen LogP contribution is 2.48. The minimum absolute atomic E-state index is 0.184. The van der Waals surface area contributed by atoms with Gasteiger partial charge in [0.2, 0.25) is 0 Å². The highest BCUT2D eigenvalue weighted by molar-refractivity contribution is 5.58. The molecule has 1 aliphatic rings. The second-order valence-electron chi connectivity index (χ2n) is 7.35. The van der Waals surface area contributed by atoms with Gasteiger partial charge in [0.05, 0.1) is 0 Å². The Morgan fingerprint density at radius 1 is 1.38 bits per heavy atom. The number of nitrogens with zero attached hydrogens (tertiary/aromatic N) is 2. The molecular weight excluding hydrogens is 331 g/mol. The summed E-state index contributed by atoms with van der Waals surface area (Å²) in [6.45, 7) is 6.19. The SMILES string of the molecule is COC1(c2cc(F)cc(-c3n[nH]c(C(C)C)n3)c2)/C(=C/N)CCCC1C. The molecule has 0 amide bonds. The first-order valence-electron chi connectivity index (χ1n) is 9.12. The van der Waals surface area contributed by atoms with Crippen LogP contribution in [0.15, 0.2) is 30.0 Å². The number of hydrogen-bond acceptors (Lipinski definition) is 4. The summed E-state index contributed by atoms with van der Waals surface area (Å²) in [7, 11) is 1.67. The summed E-state index contributed by atoms with van der Waals surface area (Å²) in [5.41, 5.74) is 7.58. The van der Waals surface area contributed by atoms with Gasteiger partial charge in [-0.25, -0.2) is 9.37 Å². The van der Waals surface area contributed by atoms with Gasteiger partial charge in [-0.3, -0.25) is 5.10 Å². The molecule has 0 saturated heterocycles. The summed E-state index contributed by atoms with van der Waals surface area (Å²) in [5.74, 6) is 1.34. The van der Waals surface area contributed by atoms with E-state index in [-0.39, 0.29) is 17.7 Å². The molecule has 0 radical (unpaired) electrons. The average molecular weight is 358 g/mol. The molecule has 1 saturated carbocycles. The third-order valence-electron chi connectivity index (χ3n) is 5.41. The zero-order valence-corrected chi connectivity index (χ0v) is 15.8. The lowest BCUT2D eigenvalue weighted by Crippen LogP contribution is -2.41. The number of benzene rings is 1. The van der Waals surface area contributed by atoms with Crippen molar-refractivity contribution in [2.24, 2.45) is 11.7 Å². The second-order valence-corrected chi connectivity index (χ2v) is 7.35. The summed E-state index contributed by atoms with van der Waals surface area (Å²) in [4.78, 5) is 4.50. The van der Waals surface area contributed by atoms with Crippen LogP contribution in [0.3, 0.4) is 0 Å². The molecule has 6 heteroatoms. The fourth-order valence-electron chi connectivity index (χ4n) is 4.03. The van der Waals surface area contributed by atoms with E-state index in [0.717, 1.165) is 36.2 Å². The largest absolute Gasteiger partial charge is 0.405 e. The number of hydrogen-bond donors (Lipinski definition) is 2. The number of aromatic amines is 1. The van der Waals surface area contributed by atoms with Crippen molar-refractivity contribution in [3.8, 4) is 11.4 Å². The van der Waals surface area contributed by atoms with Gasteiger partial charge in [0.1, 0.15) is 17.2 Å². The summed E-state index contributed by atoms with van der Waals surface area (Å²) < 4.78 is 20.5. The van der Waals surface area contributed by atoms with Crippen LogP contribution in [-0.4, -0.2) is 22.3 Å². The first-order valence-corrected chi connectivity index (χ1v) is 9.12. The van der Waals surface area contributed by atoms with E-state index in [0.29, 0.717) is 11.4 Å². The standard InChI is InChI=1S/C20H27FN4O/c1-12(2)18-23-19(25-24-18)14-8-16(10-17(21)9-14)20(26-4)13(3)6-5-7-15(20)11-22/h8-13H,5-7,22H2,1-4H3,(H,23,24,25)/b15-11+. The van der Waals surface area contributed by atoms with Crippen molar-refractivity contribution in [3.63, 3.8) is 0 Å². The van der Waals surface area contributed by atoms with E-state index in [4.69, 9.17) is 10.5 Å². The Balaban J connectivity index is 2.13. The van der Waals surface area contributed by atoms with Crippen molar-refractivity contribution in [2.75, 3.05) is 7.11 Å². The molecule has 2 aromatic rings. The summed E-state index contributed by atoms with van der Waals surface area (Å²) in [6, 6.07) is 4.92. The summed E-state index contributed by atoms with van der Waals surface area (Å²) >= 11 is 0. The van der Waals surface area contributed by atoms with E-state index < -0.39 is 5.60 Å². The lowest BCUT2D eigenvalue weighted by Gasteiger charge is -2.44. The molecule has 2 unspecified atom stereocenters. The van der Waals surface area contributed by atoms with Crippen LogP contribution in [-0.2, 0) is 10.3 Å². The van der Waals surface area contributed by atoms with E-state index in [9.17, 15) is 4.39 Å². The zero-order chi connectivity index (χ0) is 18.9. The first kappa shape index (κ1) is 18.6. The van der Waals surface area contributed by atoms with Crippen molar-refractivity contribution < 1.29 is 9.13 Å². The van der Waals surface area contributed by atoms with Gasteiger partial charge in [-0.2, -0.15) is 5.10 Å². The molecule has 3 N–H and O–H groups in total. The van der Waals surface area contributed by atoms with E-state index in [2.05, 4.69) is 22.1 Å². The molecule has 3 rings (SSSR count). The Morgan fingerprint density at radius 2 is 2.15 bits per heavy atom. The van der Waals surface area contributed by atoms with E-state index in [1.165, 1.54) is 12.1 Å². The molecule has 1 fully saturated rings. The number of methoxy groups -OCH3 is 1. The third-order valence-corrected chi connectivity index (χ3v) is 5.41. The Hall–Kier alpha value is -2.21. The third kappa shape index (κ3) is 3.03. The first-order chi connectivity index (χ1) is 12.4. The van der Waals surface area contributed by atoms with Crippen LogP contribution in [0.2, 0.25) is 0 Å². The molecule has 140 valence electrons. The molecule has 26 heavy (non-hydrogen) atoms. The Morgan fingerprint density at radius 3 is 2.77 bits per heavy atom. The van der Waals surface area contributed by atoms with Crippen molar-refractivity contribution in [1.82, 2.24) is 15.2 Å². The number of nitrogens with two attached hydrogens (primary N) is 1. The van der Waals surface area contributed by atoms with Crippen LogP contribution >= 0.6 is 0 Å². The van der Waals surface area contributed by atoms with Gasteiger partial charge in [0.15, 0.2) is 5.82 Å². The molecule has 2 atom stereocenters. The zero-order valence-electron chi connectivity index (χ0n) is 15.8. The van der Waals surface area contributed by atoms with Gasteiger partial charge >= 0.3 is 0 Å². The highest BCUT2D eigenvalue weighted by atomic mass is 19.1. The van der Waals surface area contributed by atoms with Gasteiger partial charge in [-0.1, -0.05) is 20.8 Å². The summed E-state index contributed by atoms with van der Waals surface area (Å²) in [5, 5.41) is 7.19. The number of rotatable bonds is 4. The van der Waals surface area contributed by atoms with E-state index in [1.54, 1.807) is 13.3 Å². The van der Waals surface area contributed by atoms with Crippen LogP contribution in [0, 0.1) is 11.7 Å². The second kappa shape index (κ2) is 7.19. The maximum Gasteiger partial charge on any atom is 0.181 e.